The molecule has 12 heavy (non-hydrogen) atoms. The summed E-state index contributed by atoms with van der Waals surface area (Å²) in [6.45, 7) is 1.91. The third kappa shape index (κ3) is 2.17. The zero-order valence-corrected chi connectivity index (χ0v) is 6.77. The van der Waals surface area contributed by atoms with Crippen molar-refractivity contribution in [2.45, 2.75) is 25.2 Å². The van der Waals surface area contributed by atoms with Gasteiger partial charge in [-0.2, -0.15) is 0 Å². The first-order chi connectivity index (χ1) is 5.61. The molecule has 2 unspecified atom stereocenters. The Balaban J connectivity index is 2.35. The highest BCUT2D eigenvalue weighted by Gasteiger charge is 2.30. The van der Waals surface area contributed by atoms with Gasteiger partial charge in [0, 0.05) is 0 Å². The maximum Gasteiger partial charge on any atom is 0.332 e. The lowest BCUT2D eigenvalue weighted by Crippen LogP contribution is -2.33. The number of carboxylic acid groups (broad SMARTS) is 1. The Labute approximate surface area is 69.9 Å². The summed E-state index contributed by atoms with van der Waals surface area (Å²) in [6, 6.07) is 0. The normalized spacial score (nSPS) is 31.8. The molecule has 0 amide bonds. The summed E-state index contributed by atoms with van der Waals surface area (Å²) in [6.07, 6.45) is -2.10. The van der Waals surface area contributed by atoms with Crippen molar-refractivity contribution in [2.75, 3.05) is 13.2 Å². The van der Waals surface area contributed by atoms with Gasteiger partial charge in [0.1, 0.15) is 12.2 Å². The SMILES string of the molecule is C[C@@H](OC1COCC1O)C(=O)O. The fourth-order valence-corrected chi connectivity index (χ4v) is 0.974. The van der Waals surface area contributed by atoms with Gasteiger partial charge in [0.2, 0.25) is 0 Å². The van der Waals surface area contributed by atoms with Crippen LogP contribution in [0.1, 0.15) is 6.92 Å². The molecule has 1 heterocycles. The fourth-order valence-electron chi connectivity index (χ4n) is 0.974. The van der Waals surface area contributed by atoms with Gasteiger partial charge in [-0.1, -0.05) is 0 Å². The summed E-state index contributed by atoms with van der Waals surface area (Å²) in [4.78, 5) is 10.3. The molecule has 1 fully saturated rings. The Morgan fingerprint density at radius 1 is 1.67 bits per heavy atom. The quantitative estimate of drug-likeness (QED) is 0.591. The van der Waals surface area contributed by atoms with Gasteiger partial charge < -0.3 is 19.7 Å². The van der Waals surface area contributed by atoms with Crippen LogP contribution in [0.4, 0.5) is 0 Å². The van der Waals surface area contributed by atoms with Crippen LogP contribution in [0.5, 0.6) is 0 Å². The van der Waals surface area contributed by atoms with Gasteiger partial charge in [-0.3, -0.25) is 0 Å². The molecule has 5 heteroatoms. The highest BCUT2D eigenvalue weighted by atomic mass is 16.6. The number of carbonyl (C=O) groups is 1. The van der Waals surface area contributed by atoms with Crippen molar-refractivity contribution in [1.29, 1.82) is 0 Å². The molecule has 3 atom stereocenters. The minimum Gasteiger partial charge on any atom is -0.479 e. The largest absolute Gasteiger partial charge is 0.479 e. The molecule has 0 spiro atoms. The summed E-state index contributed by atoms with van der Waals surface area (Å²) < 4.78 is 9.89. The molecule has 0 radical (unpaired) electrons. The molecule has 2 N–H and O–H groups in total. The van der Waals surface area contributed by atoms with Gasteiger partial charge in [0.05, 0.1) is 13.2 Å². The molecule has 0 saturated carbocycles. The summed E-state index contributed by atoms with van der Waals surface area (Å²) in [5.74, 6) is -1.03. The molecular formula is C7H12O5. The topological polar surface area (TPSA) is 76.0 Å². The van der Waals surface area contributed by atoms with Crippen LogP contribution < -0.4 is 0 Å². The second-order valence-electron chi connectivity index (χ2n) is 2.76. The zero-order chi connectivity index (χ0) is 9.14. The third-order valence-corrected chi connectivity index (χ3v) is 1.73. The average Bonchev–Trinajstić information content (AvgIpc) is 2.36. The number of aliphatic carboxylic acids is 1. The molecule has 1 aliphatic heterocycles. The first-order valence-electron chi connectivity index (χ1n) is 3.75. The third-order valence-electron chi connectivity index (χ3n) is 1.73. The lowest BCUT2D eigenvalue weighted by atomic mass is 10.2. The van der Waals surface area contributed by atoms with E-state index < -0.39 is 24.3 Å². The van der Waals surface area contributed by atoms with Crippen LogP contribution in [0.15, 0.2) is 0 Å². The maximum absolute atomic E-state index is 10.3. The molecule has 70 valence electrons. The number of aliphatic hydroxyl groups excluding tert-OH is 1. The molecule has 0 aromatic rings. The molecule has 1 saturated heterocycles. The molecule has 0 aromatic heterocycles. The molecule has 0 bridgehead atoms. The number of hydrogen-bond acceptors (Lipinski definition) is 4. The number of carboxylic acids is 1. The molecule has 1 rings (SSSR count). The Kier molecular flexibility index (Phi) is 3.02. The number of rotatable bonds is 3. The Morgan fingerprint density at radius 3 is 2.75 bits per heavy atom. The minimum absolute atomic E-state index is 0.219. The van der Waals surface area contributed by atoms with Crippen molar-refractivity contribution < 1.29 is 24.5 Å². The second-order valence-corrected chi connectivity index (χ2v) is 2.76. The number of ether oxygens (including phenoxy) is 2. The summed E-state index contributed by atoms with van der Waals surface area (Å²) in [5, 5.41) is 17.7. The van der Waals surface area contributed by atoms with E-state index >= 15 is 0 Å². The monoisotopic (exact) mass is 176 g/mol. The van der Waals surface area contributed by atoms with Crippen LogP contribution in [0.25, 0.3) is 0 Å². The van der Waals surface area contributed by atoms with Gasteiger partial charge in [-0.15, -0.1) is 0 Å². The Hall–Kier alpha value is -0.650. The van der Waals surface area contributed by atoms with Crippen molar-refractivity contribution in [3.63, 3.8) is 0 Å². The van der Waals surface area contributed by atoms with Crippen molar-refractivity contribution in [3.8, 4) is 0 Å². The van der Waals surface area contributed by atoms with E-state index in [4.69, 9.17) is 14.6 Å². The Morgan fingerprint density at radius 2 is 2.33 bits per heavy atom. The average molecular weight is 176 g/mol. The van der Waals surface area contributed by atoms with E-state index in [9.17, 15) is 9.90 Å². The minimum atomic E-state index is -1.03. The van der Waals surface area contributed by atoms with Gasteiger partial charge in [-0.05, 0) is 6.92 Å². The van der Waals surface area contributed by atoms with E-state index in [1.54, 1.807) is 0 Å². The van der Waals surface area contributed by atoms with Crippen LogP contribution in [-0.4, -0.2) is 47.7 Å². The van der Waals surface area contributed by atoms with Gasteiger partial charge >= 0.3 is 5.97 Å². The first-order valence-corrected chi connectivity index (χ1v) is 3.75. The zero-order valence-electron chi connectivity index (χ0n) is 6.77. The van der Waals surface area contributed by atoms with Crippen LogP contribution >= 0.6 is 0 Å². The van der Waals surface area contributed by atoms with Crippen molar-refractivity contribution in [3.05, 3.63) is 0 Å². The van der Waals surface area contributed by atoms with Crippen molar-refractivity contribution >= 4 is 5.97 Å². The van der Waals surface area contributed by atoms with Crippen molar-refractivity contribution in [2.24, 2.45) is 0 Å². The van der Waals surface area contributed by atoms with Crippen LogP contribution in [-0.2, 0) is 14.3 Å². The predicted molar refractivity (Wildman–Crippen MR) is 38.8 cm³/mol. The highest BCUT2D eigenvalue weighted by molar-refractivity contribution is 5.71. The highest BCUT2D eigenvalue weighted by Crippen LogP contribution is 2.11. The maximum atomic E-state index is 10.3. The molecular weight excluding hydrogens is 164 g/mol. The van der Waals surface area contributed by atoms with Gasteiger partial charge in [-0.25, -0.2) is 4.79 Å². The fraction of sp³-hybridized carbons (Fsp3) is 0.857. The first kappa shape index (κ1) is 9.44. The second kappa shape index (κ2) is 3.84. The van der Waals surface area contributed by atoms with E-state index in [-0.39, 0.29) is 13.2 Å². The van der Waals surface area contributed by atoms with E-state index in [1.165, 1.54) is 6.92 Å². The molecule has 1 aliphatic rings. The van der Waals surface area contributed by atoms with E-state index in [1.807, 2.05) is 0 Å². The molecule has 5 nitrogen and oxygen atoms in total. The summed E-state index contributed by atoms with van der Waals surface area (Å²) in [5.41, 5.74) is 0. The van der Waals surface area contributed by atoms with Crippen molar-refractivity contribution in [1.82, 2.24) is 0 Å². The van der Waals surface area contributed by atoms with E-state index in [0.29, 0.717) is 0 Å². The predicted octanol–water partition coefficient (Wildman–Crippen LogP) is -0.764. The van der Waals surface area contributed by atoms with Crippen LogP contribution in [0.2, 0.25) is 0 Å². The van der Waals surface area contributed by atoms with E-state index in [0.717, 1.165) is 0 Å². The lowest BCUT2D eigenvalue weighted by molar-refractivity contribution is -0.155. The molecule has 0 aliphatic carbocycles. The summed E-state index contributed by atoms with van der Waals surface area (Å²) in [7, 11) is 0. The standard InChI is InChI=1S/C7H12O5/c1-4(7(9)10)12-6-3-11-2-5(6)8/h4-6,8H,2-3H2,1H3,(H,9,10)/t4-,5?,6?/m1/s1. The molecule has 0 aromatic carbocycles. The number of hydrogen-bond donors (Lipinski definition) is 2. The smallest absolute Gasteiger partial charge is 0.332 e. The Bertz CT molecular complexity index is 169. The number of aliphatic hydroxyl groups is 1. The lowest BCUT2D eigenvalue weighted by Gasteiger charge is -2.16. The van der Waals surface area contributed by atoms with Gasteiger partial charge in [0.15, 0.2) is 6.10 Å². The van der Waals surface area contributed by atoms with Gasteiger partial charge in [0.25, 0.3) is 0 Å². The van der Waals surface area contributed by atoms with E-state index in [2.05, 4.69) is 0 Å². The van der Waals surface area contributed by atoms with Crippen LogP contribution in [0, 0.1) is 0 Å². The summed E-state index contributed by atoms with van der Waals surface area (Å²) >= 11 is 0. The van der Waals surface area contributed by atoms with Crippen LogP contribution in [0.3, 0.4) is 0 Å².